The van der Waals surface area contributed by atoms with Crippen molar-refractivity contribution in [3.8, 4) is 22.4 Å². The summed E-state index contributed by atoms with van der Waals surface area (Å²) in [4.78, 5) is 17.0. The van der Waals surface area contributed by atoms with Crippen LogP contribution >= 0.6 is 11.3 Å². The molecule has 0 aliphatic carbocycles. The Kier molecular flexibility index (Phi) is 5.31. The van der Waals surface area contributed by atoms with E-state index in [-0.39, 0.29) is 12.3 Å². The molecule has 3 aromatic carbocycles. The molecule has 0 spiro atoms. The lowest BCUT2D eigenvalue weighted by atomic mass is 10.0. The number of amides is 1. The number of para-hydroxylation sites is 1. The molecule has 0 saturated carbocycles. The van der Waals surface area contributed by atoms with Gasteiger partial charge in [-0.2, -0.15) is 0 Å². The maximum Gasteiger partial charge on any atom is 0.231 e. The number of hydrogen-bond acceptors (Lipinski definition) is 3. The number of rotatable bonds is 5. The monoisotopic (exact) mass is 384 g/mol. The first kappa shape index (κ1) is 18.1. The van der Waals surface area contributed by atoms with Crippen molar-refractivity contribution >= 4 is 22.9 Å². The standard InChI is InChI=1S/C24H20N2OS/c1-17-7-5-6-10-21(17)25-23(27)15-24-26-22(16-28-24)20-13-11-19(12-14-20)18-8-3-2-4-9-18/h2-14,16H,15H2,1H3,(H,25,27). The maximum atomic E-state index is 12.3. The topological polar surface area (TPSA) is 42.0 Å². The van der Waals surface area contributed by atoms with Crippen LogP contribution in [-0.4, -0.2) is 10.9 Å². The van der Waals surface area contributed by atoms with Crippen molar-refractivity contribution in [3.63, 3.8) is 0 Å². The average molecular weight is 385 g/mol. The fourth-order valence-electron chi connectivity index (χ4n) is 3.03. The number of nitrogens with one attached hydrogen (secondary N) is 1. The van der Waals surface area contributed by atoms with E-state index >= 15 is 0 Å². The third-order valence-electron chi connectivity index (χ3n) is 4.57. The van der Waals surface area contributed by atoms with Gasteiger partial charge >= 0.3 is 0 Å². The Morgan fingerprint density at radius 2 is 1.50 bits per heavy atom. The highest BCUT2D eigenvalue weighted by Gasteiger charge is 2.10. The number of carbonyl (C=O) groups is 1. The van der Waals surface area contributed by atoms with Gasteiger partial charge in [-0.1, -0.05) is 72.8 Å². The minimum atomic E-state index is -0.0466. The number of nitrogens with zero attached hydrogens (tertiary/aromatic N) is 1. The summed E-state index contributed by atoms with van der Waals surface area (Å²) in [5, 5.41) is 5.78. The molecule has 3 nitrogen and oxygen atoms in total. The first-order chi connectivity index (χ1) is 13.7. The molecule has 0 aliphatic rings. The Labute approximate surface area is 168 Å². The second-order valence-corrected chi connectivity index (χ2v) is 7.55. The fraction of sp³-hybridized carbons (Fsp3) is 0.0833. The first-order valence-corrected chi connectivity index (χ1v) is 10.0. The highest BCUT2D eigenvalue weighted by molar-refractivity contribution is 7.10. The molecule has 0 fully saturated rings. The Balaban J connectivity index is 1.44. The normalized spacial score (nSPS) is 10.6. The molecule has 0 aliphatic heterocycles. The number of aromatic nitrogens is 1. The molecule has 0 bridgehead atoms. The Morgan fingerprint density at radius 3 is 2.25 bits per heavy atom. The van der Waals surface area contributed by atoms with Crippen LogP contribution in [0.1, 0.15) is 10.6 Å². The molecular weight excluding hydrogens is 364 g/mol. The third-order valence-corrected chi connectivity index (χ3v) is 5.42. The van der Waals surface area contributed by atoms with E-state index in [0.29, 0.717) is 0 Å². The summed E-state index contributed by atoms with van der Waals surface area (Å²) in [5.74, 6) is -0.0466. The van der Waals surface area contributed by atoms with Gasteiger partial charge in [0.2, 0.25) is 5.91 Å². The molecule has 0 unspecified atom stereocenters. The van der Waals surface area contributed by atoms with E-state index in [9.17, 15) is 4.79 Å². The lowest BCUT2D eigenvalue weighted by molar-refractivity contribution is -0.115. The predicted molar refractivity (Wildman–Crippen MR) is 116 cm³/mol. The van der Waals surface area contributed by atoms with E-state index in [2.05, 4.69) is 46.7 Å². The molecular formula is C24H20N2OS. The molecule has 0 radical (unpaired) electrons. The zero-order valence-electron chi connectivity index (χ0n) is 15.6. The SMILES string of the molecule is Cc1ccccc1NC(=O)Cc1nc(-c2ccc(-c3ccccc3)cc2)cs1. The number of anilines is 1. The van der Waals surface area contributed by atoms with Gasteiger partial charge < -0.3 is 5.32 Å². The minimum absolute atomic E-state index is 0.0466. The zero-order valence-corrected chi connectivity index (χ0v) is 16.4. The molecule has 138 valence electrons. The van der Waals surface area contributed by atoms with Crippen molar-refractivity contribution in [1.29, 1.82) is 0 Å². The van der Waals surface area contributed by atoms with Crippen LogP contribution in [-0.2, 0) is 11.2 Å². The third kappa shape index (κ3) is 4.18. The predicted octanol–water partition coefficient (Wildman–Crippen LogP) is 5.97. The van der Waals surface area contributed by atoms with Crippen molar-refractivity contribution in [2.75, 3.05) is 5.32 Å². The van der Waals surface area contributed by atoms with Gasteiger partial charge in [0.15, 0.2) is 0 Å². The first-order valence-electron chi connectivity index (χ1n) is 9.15. The summed E-state index contributed by atoms with van der Waals surface area (Å²) in [5.41, 5.74) is 6.23. The number of benzene rings is 3. The van der Waals surface area contributed by atoms with E-state index < -0.39 is 0 Å². The number of thiazole rings is 1. The summed E-state index contributed by atoms with van der Waals surface area (Å²) in [6.45, 7) is 1.98. The van der Waals surface area contributed by atoms with Crippen molar-refractivity contribution in [1.82, 2.24) is 4.98 Å². The van der Waals surface area contributed by atoms with Crippen LogP contribution in [0.2, 0.25) is 0 Å². The van der Waals surface area contributed by atoms with Gasteiger partial charge in [-0.25, -0.2) is 4.98 Å². The average Bonchev–Trinajstić information content (AvgIpc) is 3.19. The summed E-state index contributed by atoms with van der Waals surface area (Å²) in [7, 11) is 0. The summed E-state index contributed by atoms with van der Waals surface area (Å²) < 4.78 is 0. The molecule has 1 aromatic heterocycles. The molecule has 0 atom stereocenters. The van der Waals surface area contributed by atoms with Crippen molar-refractivity contribution in [2.45, 2.75) is 13.3 Å². The van der Waals surface area contributed by atoms with Gasteiger partial charge in [0.25, 0.3) is 0 Å². The van der Waals surface area contributed by atoms with E-state index in [1.165, 1.54) is 22.5 Å². The van der Waals surface area contributed by atoms with Crippen LogP contribution in [0.3, 0.4) is 0 Å². The van der Waals surface area contributed by atoms with Crippen molar-refractivity contribution in [3.05, 3.63) is 94.8 Å². The lowest BCUT2D eigenvalue weighted by Gasteiger charge is -2.06. The van der Waals surface area contributed by atoms with Crippen LogP contribution in [0.25, 0.3) is 22.4 Å². The van der Waals surface area contributed by atoms with Crippen LogP contribution < -0.4 is 5.32 Å². The summed E-state index contributed by atoms with van der Waals surface area (Å²) in [6.07, 6.45) is 0.279. The molecule has 28 heavy (non-hydrogen) atoms. The summed E-state index contributed by atoms with van der Waals surface area (Å²) >= 11 is 1.52. The quantitative estimate of drug-likeness (QED) is 0.461. The number of carbonyl (C=O) groups excluding carboxylic acids is 1. The van der Waals surface area contributed by atoms with Crippen LogP contribution in [0.15, 0.2) is 84.2 Å². The van der Waals surface area contributed by atoms with Gasteiger partial charge in [0, 0.05) is 16.6 Å². The molecule has 4 rings (SSSR count). The largest absolute Gasteiger partial charge is 0.325 e. The van der Waals surface area contributed by atoms with E-state index in [1.807, 2.05) is 54.8 Å². The maximum absolute atomic E-state index is 12.3. The molecule has 0 saturated heterocycles. The van der Waals surface area contributed by atoms with Crippen LogP contribution in [0.5, 0.6) is 0 Å². The zero-order chi connectivity index (χ0) is 19.3. The second-order valence-electron chi connectivity index (χ2n) is 6.61. The molecule has 1 heterocycles. The highest BCUT2D eigenvalue weighted by Crippen LogP contribution is 2.26. The Hall–Kier alpha value is -3.24. The molecule has 1 amide bonds. The van der Waals surface area contributed by atoms with Gasteiger partial charge in [-0.15, -0.1) is 11.3 Å². The van der Waals surface area contributed by atoms with Crippen LogP contribution in [0, 0.1) is 6.92 Å². The number of hydrogen-bond donors (Lipinski definition) is 1. The van der Waals surface area contributed by atoms with Crippen LogP contribution in [0.4, 0.5) is 5.69 Å². The fourth-order valence-corrected chi connectivity index (χ4v) is 3.84. The van der Waals surface area contributed by atoms with Gasteiger partial charge in [-0.3, -0.25) is 4.79 Å². The van der Waals surface area contributed by atoms with Gasteiger partial charge in [0.05, 0.1) is 12.1 Å². The lowest BCUT2D eigenvalue weighted by Crippen LogP contribution is -2.14. The van der Waals surface area contributed by atoms with E-state index in [4.69, 9.17) is 0 Å². The Morgan fingerprint density at radius 1 is 0.857 bits per heavy atom. The second kappa shape index (κ2) is 8.19. The minimum Gasteiger partial charge on any atom is -0.325 e. The van der Waals surface area contributed by atoms with Gasteiger partial charge in [-0.05, 0) is 29.7 Å². The molecule has 4 heteroatoms. The number of aryl methyl sites for hydroxylation is 1. The van der Waals surface area contributed by atoms with Crippen molar-refractivity contribution < 1.29 is 4.79 Å². The van der Waals surface area contributed by atoms with Crippen molar-refractivity contribution in [2.24, 2.45) is 0 Å². The smallest absolute Gasteiger partial charge is 0.231 e. The Bertz CT molecular complexity index is 1090. The van der Waals surface area contributed by atoms with E-state index in [1.54, 1.807) is 0 Å². The van der Waals surface area contributed by atoms with E-state index in [0.717, 1.165) is 27.5 Å². The summed E-state index contributed by atoms with van der Waals surface area (Å²) in [6, 6.07) is 26.4. The molecule has 4 aromatic rings. The highest BCUT2D eigenvalue weighted by atomic mass is 32.1. The van der Waals surface area contributed by atoms with Gasteiger partial charge in [0.1, 0.15) is 5.01 Å². The molecule has 1 N–H and O–H groups in total.